The van der Waals surface area contributed by atoms with Crippen molar-refractivity contribution < 1.29 is 19.8 Å². The fourth-order valence-electron chi connectivity index (χ4n) is 1.53. The highest BCUT2D eigenvalue weighted by molar-refractivity contribution is 5.67. The highest BCUT2D eigenvalue weighted by atomic mass is 16.6. The normalized spacial score (nSPS) is 12.9. The maximum Gasteiger partial charge on any atom is 0.434 e. The van der Waals surface area contributed by atoms with Crippen LogP contribution in [0.25, 0.3) is 0 Å². The van der Waals surface area contributed by atoms with E-state index in [1.807, 2.05) is 0 Å². The predicted octanol–water partition coefficient (Wildman–Crippen LogP) is 2.13. The van der Waals surface area contributed by atoms with E-state index in [0.29, 0.717) is 10.8 Å². The molecule has 0 saturated heterocycles. The Morgan fingerprint density at radius 3 is 2.63 bits per heavy atom. The van der Waals surface area contributed by atoms with Crippen molar-refractivity contribution in [1.29, 1.82) is 0 Å². The molecule has 2 N–H and O–H groups in total. The van der Waals surface area contributed by atoms with Crippen LogP contribution >= 0.6 is 0 Å². The van der Waals surface area contributed by atoms with Crippen LogP contribution in [0.15, 0.2) is 24.4 Å². The van der Waals surface area contributed by atoms with Gasteiger partial charge in [0, 0.05) is 12.8 Å². The van der Waals surface area contributed by atoms with Gasteiger partial charge in [-0.2, -0.15) is 5.06 Å². The molecule has 0 aromatic carbocycles. The number of hydrogen-bond acceptors (Lipinski definition) is 5. The third kappa shape index (κ3) is 4.84. The zero-order valence-electron chi connectivity index (χ0n) is 11.4. The number of rotatable bonds is 4. The van der Waals surface area contributed by atoms with Crippen LogP contribution in [0.5, 0.6) is 0 Å². The molecule has 1 heterocycles. The van der Waals surface area contributed by atoms with E-state index in [4.69, 9.17) is 9.84 Å². The molecule has 1 amide bonds. The van der Waals surface area contributed by atoms with E-state index >= 15 is 0 Å². The molecule has 0 aliphatic carbocycles. The molecule has 1 aromatic rings. The SMILES string of the molecule is CC(C)(C)OC(=O)N(O)C(CCO)c1ccccn1. The van der Waals surface area contributed by atoms with Crippen molar-refractivity contribution in [2.45, 2.75) is 38.8 Å². The van der Waals surface area contributed by atoms with Crippen LogP contribution in [0, 0.1) is 0 Å². The minimum Gasteiger partial charge on any atom is -0.442 e. The number of carbonyl (C=O) groups is 1. The standard InChI is InChI=1S/C13H20N2O4/c1-13(2,3)19-12(17)15(18)11(7-9-16)10-6-4-5-8-14-10/h4-6,8,11,16,18H,7,9H2,1-3H3. The molecule has 1 aromatic heterocycles. The van der Waals surface area contributed by atoms with E-state index in [1.165, 1.54) is 0 Å². The molecule has 0 saturated carbocycles. The van der Waals surface area contributed by atoms with Crippen LogP contribution in [0.3, 0.4) is 0 Å². The van der Waals surface area contributed by atoms with Crippen LogP contribution in [0.2, 0.25) is 0 Å². The van der Waals surface area contributed by atoms with Gasteiger partial charge in [0.25, 0.3) is 0 Å². The summed E-state index contributed by atoms with van der Waals surface area (Å²) in [4.78, 5) is 15.9. The van der Waals surface area contributed by atoms with E-state index in [2.05, 4.69) is 4.98 Å². The van der Waals surface area contributed by atoms with Gasteiger partial charge in [0.15, 0.2) is 0 Å². The van der Waals surface area contributed by atoms with Gasteiger partial charge in [-0.1, -0.05) is 6.07 Å². The Hall–Kier alpha value is -1.66. The van der Waals surface area contributed by atoms with Crippen molar-refractivity contribution in [2.24, 2.45) is 0 Å². The topological polar surface area (TPSA) is 82.9 Å². The fraction of sp³-hybridized carbons (Fsp3) is 0.538. The summed E-state index contributed by atoms with van der Waals surface area (Å²) in [5, 5.41) is 19.5. The number of ether oxygens (including phenoxy) is 1. The van der Waals surface area contributed by atoms with Gasteiger partial charge in [-0.15, -0.1) is 0 Å². The van der Waals surface area contributed by atoms with Crippen molar-refractivity contribution in [3.05, 3.63) is 30.1 Å². The van der Waals surface area contributed by atoms with Gasteiger partial charge < -0.3 is 9.84 Å². The van der Waals surface area contributed by atoms with Crippen molar-refractivity contribution in [1.82, 2.24) is 10.0 Å². The number of nitrogens with zero attached hydrogens (tertiary/aromatic N) is 2. The molecule has 6 heteroatoms. The Morgan fingerprint density at radius 2 is 2.16 bits per heavy atom. The van der Waals surface area contributed by atoms with E-state index in [1.54, 1.807) is 45.2 Å². The van der Waals surface area contributed by atoms with Crippen LogP contribution in [0.4, 0.5) is 4.79 Å². The first-order valence-electron chi connectivity index (χ1n) is 6.08. The van der Waals surface area contributed by atoms with Crippen molar-refractivity contribution in [3.8, 4) is 0 Å². The second-order valence-corrected chi connectivity index (χ2v) is 5.11. The van der Waals surface area contributed by atoms with E-state index in [-0.39, 0.29) is 13.0 Å². The summed E-state index contributed by atoms with van der Waals surface area (Å²) in [7, 11) is 0. The van der Waals surface area contributed by atoms with Crippen LogP contribution in [-0.4, -0.2) is 38.7 Å². The Morgan fingerprint density at radius 1 is 1.47 bits per heavy atom. The monoisotopic (exact) mass is 268 g/mol. The first-order valence-corrected chi connectivity index (χ1v) is 6.08. The van der Waals surface area contributed by atoms with Gasteiger partial charge in [0.05, 0.1) is 5.69 Å². The van der Waals surface area contributed by atoms with Gasteiger partial charge in [-0.25, -0.2) is 4.79 Å². The van der Waals surface area contributed by atoms with Crippen LogP contribution in [-0.2, 0) is 4.74 Å². The zero-order chi connectivity index (χ0) is 14.5. The van der Waals surface area contributed by atoms with Crippen LogP contribution in [0.1, 0.15) is 38.9 Å². The van der Waals surface area contributed by atoms with E-state index in [0.717, 1.165) is 0 Å². The average Bonchev–Trinajstić information content (AvgIpc) is 2.34. The van der Waals surface area contributed by atoms with Gasteiger partial charge in [-0.05, 0) is 39.3 Å². The summed E-state index contributed by atoms with van der Waals surface area (Å²) in [6, 6.07) is 4.42. The van der Waals surface area contributed by atoms with Gasteiger partial charge in [0.1, 0.15) is 11.6 Å². The maximum atomic E-state index is 11.8. The highest BCUT2D eigenvalue weighted by Gasteiger charge is 2.28. The largest absolute Gasteiger partial charge is 0.442 e. The van der Waals surface area contributed by atoms with E-state index in [9.17, 15) is 10.0 Å². The molecular weight excluding hydrogens is 248 g/mol. The highest BCUT2D eigenvalue weighted by Crippen LogP contribution is 2.22. The first-order chi connectivity index (χ1) is 8.85. The summed E-state index contributed by atoms with van der Waals surface area (Å²) in [6.07, 6.45) is 0.867. The fourth-order valence-corrected chi connectivity index (χ4v) is 1.53. The molecule has 1 rings (SSSR count). The third-order valence-electron chi connectivity index (χ3n) is 2.31. The van der Waals surface area contributed by atoms with Gasteiger partial charge >= 0.3 is 6.09 Å². The average molecular weight is 268 g/mol. The molecule has 0 aliphatic heterocycles. The maximum absolute atomic E-state index is 11.8. The molecule has 6 nitrogen and oxygen atoms in total. The summed E-state index contributed by atoms with van der Waals surface area (Å²) >= 11 is 0. The lowest BCUT2D eigenvalue weighted by Crippen LogP contribution is -2.37. The molecule has 0 spiro atoms. The second-order valence-electron chi connectivity index (χ2n) is 5.11. The molecule has 0 bridgehead atoms. The Bertz CT molecular complexity index is 403. The van der Waals surface area contributed by atoms with Crippen molar-refractivity contribution >= 4 is 6.09 Å². The summed E-state index contributed by atoms with van der Waals surface area (Å²) < 4.78 is 5.08. The Kier molecular flexibility index (Phi) is 5.26. The number of carbonyl (C=O) groups excluding carboxylic acids is 1. The zero-order valence-corrected chi connectivity index (χ0v) is 11.4. The number of hydrogen-bond donors (Lipinski definition) is 2. The molecular formula is C13H20N2O4. The molecule has 106 valence electrons. The second kappa shape index (κ2) is 6.49. The quantitative estimate of drug-likeness (QED) is 0.645. The molecule has 0 radical (unpaired) electrons. The molecule has 0 fully saturated rings. The Labute approximate surface area is 112 Å². The van der Waals surface area contributed by atoms with E-state index < -0.39 is 17.7 Å². The van der Waals surface area contributed by atoms with Crippen molar-refractivity contribution in [3.63, 3.8) is 0 Å². The summed E-state index contributed by atoms with van der Waals surface area (Å²) in [5.74, 6) is 0. The number of aromatic nitrogens is 1. The van der Waals surface area contributed by atoms with Gasteiger partial charge in [0.2, 0.25) is 0 Å². The lowest BCUT2D eigenvalue weighted by Gasteiger charge is -2.28. The number of aliphatic hydroxyl groups excluding tert-OH is 1. The Balaban J connectivity index is 2.85. The summed E-state index contributed by atoms with van der Waals surface area (Å²) in [6.45, 7) is 4.95. The minimum atomic E-state index is -0.864. The molecule has 0 aliphatic rings. The number of pyridine rings is 1. The minimum absolute atomic E-state index is 0.173. The van der Waals surface area contributed by atoms with Crippen molar-refractivity contribution in [2.75, 3.05) is 6.61 Å². The lowest BCUT2D eigenvalue weighted by atomic mass is 10.1. The smallest absolute Gasteiger partial charge is 0.434 e. The number of hydroxylamine groups is 2. The predicted molar refractivity (Wildman–Crippen MR) is 68.5 cm³/mol. The first kappa shape index (κ1) is 15.4. The summed E-state index contributed by atoms with van der Waals surface area (Å²) in [5.41, 5.74) is -0.212. The number of amides is 1. The molecule has 1 unspecified atom stereocenters. The lowest BCUT2D eigenvalue weighted by molar-refractivity contribution is -0.126. The molecule has 1 atom stereocenters. The van der Waals surface area contributed by atoms with Crippen LogP contribution < -0.4 is 0 Å². The third-order valence-corrected chi connectivity index (χ3v) is 2.31. The van der Waals surface area contributed by atoms with Gasteiger partial charge in [-0.3, -0.25) is 10.2 Å². The molecule has 19 heavy (non-hydrogen) atoms. The number of aliphatic hydroxyl groups is 1.